The van der Waals surface area contributed by atoms with Gasteiger partial charge in [0.25, 0.3) is 0 Å². The van der Waals surface area contributed by atoms with Crippen molar-refractivity contribution in [2.45, 2.75) is 37.9 Å². The number of nitrogens with one attached hydrogen (secondary N) is 3. The SMILES string of the molecule is CN1CCCC(NC(=O)C2Cc3nc[nH]c3CN2)C1. The number of hydrogen-bond acceptors (Lipinski definition) is 4. The fraction of sp³-hybridized carbons (Fsp3) is 0.692. The van der Waals surface area contributed by atoms with Gasteiger partial charge in [0.05, 0.1) is 23.8 Å². The number of nitrogens with zero attached hydrogens (tertiary/aromatic N) is 2. The maximum Gasteiger partial charge on any atom is 0.237 e. The number of piperidine rings is 1. The highest BCUT2D eigenvalue weighted by Gasteiger charge is 2.28. The molecule has 3 heterocycles. The third kappa shape index (κ3) is 2.79. The molecule has 1 aromatic heterocycles. The second-order valence-electron chi connectivity index (χ2n) is 5.58. The highest BCUT2D eigenvalue weighted by atomic mass is 16.2. The number of hydrogen-bond donors (Lipinski definition) is 3. The molecule has 19 heavy (non-hydrogen) atoms. The molecule has 2 unspecified atom stereocenters. The van der Waals surface area contributed by atoms with Crippen LogP contribution in [0.2, 0.25) is 0 Å². The van der Waals surface area contributed by atoms with Crippen LogP contribution in [0.3, 0.4) is 0 Å². The van der Waals surface area contributed by atoms with E-state index in [0.29, 0.717) is 13.0 Å². The number of rotatable bonds is 2. The van der Waals surface area contributed by atoms with Gasteiger partial charge in [-0.25, -0.2) is 4.98 Å². The minimum absolute atomic E-state index is 0.106. The van der Waals surface area contributed by atoms with Crippen molar-refractivity contribution >= 4 is 5.91 Å². The molecule has 104 valence electrons. The van der Waals surface area contributed by atoms with Gasteiger partial charge in [-0.1, -0.05) is 0 Å². The normalized spacial score (nSPS) is 27.8. The van der Waals surface area contributed by atoms with Crippen LogP contribution in [0.25, 0.3) is 0 Å². The van der Waals surface area contributed by atoms with Crippen molar-refractivity contribution in [1.29, 1.82) is 0 Å². The van der Waals surface area contributed by atoms with Gasteiger partial charge >= 0.3 is 0 Å². The number of likely N-dealkylation sites (N-methyl/N-ethyl adjacent to an activating group) is 1. The Morgan fingerprint density at radius 2 is 2.47 bits per heavy atom. The van der Waals surface area contributed by atoms with Crippen molar-refractivity contribution in [3.8, 4) is 0 Å². The number of amides is 1. The van der Waals surface area contributed by atoms with Crippen molar-refractivity contribution in [1.82, 2.24) is 25.5 Å². The molecule has 0 aliphatic carbocycles. The highest BCUT2D eigenvalue weighted by Crippen LogP contribution is 2.13. The van der Waals surface area contributed by atoms with E-state index in [1.54, 1.807) is 6.33 Å². The molecule has 3 rings (SSSR count). The number of carbonyl (C=O) groups is 1. The van der Waals surface area contributed by atoms with Gasteiger partial charge in [0.1, 0.15) is 0 Å². The summed E-state index contributed by atoms with van der Waals surface area (Å²) in [6.45, 7) is 2.77. The van der Waals surface area contributed by atoms with E-state index in [2.05, 4.69) is 32.5 Å². The van der Waals surface area contributed by atoms with E-state index in [4.69, 9.17) is 0 Å². The first kappa shape index (κ1) is 12.6. The van der Waals surface area contributed by atoms with Gasteiger partial charge in [-0.05, 0) is 26.4 Å². The van der Waals surface area contributed by atoms with E-state index < -0.39 is 0 Å². The van der Waals surface area contributed by atoms with Crippen molar-refractivity contribution < 1.29 is 4.79 Å². The molecule has 2 aliphatic rings. The molecule has 6 heteroatoms. The Morgan fingerprint density at radius 1 is 1.58 bits per heavy atom. The molecule has 1 fully saturated rings. The van der Waals surface area contributed by atoms with Crippen molar-refractivity contribution in [3.63, 3.8) is 0 Å². The molecule has 6 nitrogen and oxygen atoms in total. The van der Waals surface area contributed by atoms with Crippen molar-refractivity contribution in [2.75, 3.05) is 20.1 Å². The lowest BCUT2D eigenvalue weighted by Gasteiger charge is -2.32. The summed E-state index contributed by atoms with van der Waals surface area (Å²) in [4.78, 5) is 21.9. The lowest BCUT2D eigenvalue weighted by atomic mass is 10.0. The monoisotopic (exact) mass is 263 g/mol. The Hall–Kier alpha value is -1.40. The van der Waals surface area contributed by atoms with Crippen LogP contribution in [0.1, 0.15) is 24.2 Å². The van der Waals surface area contributed by atoms with Crippen LogP contribution in [0.4, 0.5) is 0 Å². The van der Waals surface area contributed by atoms with Gasteiger partial charge in [-0.3, -0.25) is 10.1 Å². The standard InChI is InChI=1S/C13H21N5O/c1-18-4-2-3-9(7-18)17-13(19)11-5-10-12(6-14-11)16-8-15-10/h8-9,11,14H,2-7H2,1H3,(H,15,16)(H,17,19). The Kier molecular flexibility index (Phi) is 3.52. The Bertz CT molecular complexity index is 458. The molecular weight excluding hydrogens is 242 g/mol. The van der Waals surface area contributed by atoms with Gasteiger partial charge < -0.3 is 15.2 Å². The first-order valence-electron chi connectivity index (χ1n) is 6.96. The number of imidazole rings is 1. The molecule has 0 radical (unpaired) electrons. The van der Waals surface area contributed by atoms with Gasteiger partial charge in [-0.15, -0.1) is 0 Å². The largest absolute Gasteiger partial charge is 0.351 e. The summed E-state index contributed by atoms with van der Waals surface area (Å²) in [5.41, 5.74) is 2.11. The Morgan fingerprint density at radius 3 is 3.32 bits per heavy atom. The second kappa shape index (κ2) is 5.30. The van der Waals surface area contributed by atoms with Gasteiger partial charge in [-0.2, -0.15) is 0 Å². The first-order valence-corrected chi connectivity index (χ1v) is 6.96. The fourth-order valence-electron chi connectivity index (χ4n) is 2.94. The number of carbonyl (C=O) groups excluding carboxylic acids is 1. The van der Waals surface area contributed by atoms with Crippen LogP contribution >= 0.6 is 0 Å². The molecule has 1 saturated heterocycles. The smallest absolute Gasteiger partial charge is 0.237 e. The minimum Gasteiger partial charge on any atom is -0.351 e. The zero-order chi connectivity index (χ0) is 13.2. The summed E-state index contributed by atoms with van der Waals surface area (Å²) in [6, 6.07) is 0.136. The average Bonchev–Trinajstić information content (AvgIpc) is 2.85. The summed E-state index contributed by atoms with van der Waals surface area (Å²) >= 11 is 0. The van der Waals surface area contributed by atoms with Crippen molar-refractivity contribution in [3.05, 3.63) is 17.7 Å². The number of aromatic nitrogens is 2. The Labute approximate surface area is 113 Å². The first-order chi connectivity index (χ1) is 9.22. The molecule has 3 N–H and O–H groups in total. The van der Waals surface area contributed by atoms with Crippen LogP contribution < -0.4 is 10.6 Å². The van der Waals surface area contributed by atoms with Gasteiger partial charge in [0.2, 0.25) is 5.91 Å². The van der Waals surface area contributed by atoms with Gasteiger partial charge in [0.15, 0.2) is 0 Å². The molecule has 0 aromatic carbocycles. The average molecular weight is 263 g/mol. The summed E-state index contributed by atoms with van der Waals surface area (Å²) in [6.07, 6.45) is 4.61. The molecule has 2 aliphatic heterocycles. The number of aromatic amines is 1. The van der Waals surface area contributed by atoms with E-state index in [0.717, 1.165) is 37.3 Å². The predicted octanol–water partition coefficient (Wildman–Crippen LogP) is -0.366. The van der Waals surface area contributed by atoms with E-state index in [1.807, 2.05) is 0 Å². The van der Waals surface area contributed by atoms with Crippen LogP contribution in [-0.2, 0) is 17.8 Å². The molecule has 1 aromatic rings. The Balaban J connectivity index is 1.56. The summed E-state index contributed by atoms with van der Waals surface area (Å²) in [7, 11) is 2.10. The number of likely N-dealkylation sites (tertiary alicyclic amines) is 1. The summed E-state index contributed by atoms with van der Waals surface area (Å²) in [5, 5.41) is 6.43. The second-order valence-corrected chi connectivity index (χ2v) is 5.58. The minimum atomic E-state index is -0.150. The summed E-state index contributed by atoms with van der Waals surface area (Å²) in [5.74, 6) is 0.106. The topological polar surface area (TPSA) is 73.0 Å². The maximum atomic E-state index is 12.3. The van der Waals surface area contributed by atoms with Crippen molar-refractivity contribution in [2.24, 2.45) is 0 Å². The van der Waals surface area contributed by atoms with E-state index in [-0.39, 0.29) is 18.0 Å². The molecule has 0 saturated carbocycles. The third-order valence-electron chi connectivity index (χ3n) is 4.02. The lowest BCUT2D eigenvalue weighted by Crippen LogP contribution is -2.53. The fourth-order valence-corrected chi connectivity index (χ4v) is 2.94. The quantitative estimate of drug-likeness (QED) is 0.681. The zero-order valence-electron chi connectivity index (χ0n) is 11.3. The van der Waals surface area contributed by atoms with E-state index in [1.165, 1.54) is 0 Å². The van der Waals surface area contributed by atoms with Crippen LogP contribution in [0, 0.1) is 0 Å². The van der Waals surface area contributed by atoms with Crippen LogP contribution in [-0.4, -0.2) is 53.0 Å². The molecule has 1 amide bonds. The van der Waals surface area contributed by atoms with Crippen LogP contribution in [0.15, 0.2) is 6.33 Å². The number of fused-ring (bicyclic) bond motifs is 1. The molecule has 2 atom stereocenters. The zero-order valence-corrected chi connectivity index (χ0v) is 11.3. The molecule has 0 bridgehead atoms. The maximum absolute atomic E-state index is 12.3. The summed E-state index contributed by atoms with van der Waals surface area (Å²) < 4.78 is 0. The van der Waals surface area contributed by atoms with E-state index in [9.17, 15) is 4.79 Å². The van der Waals surface area contributed by atoms with Gasteiger partial charge in [0, 0.05) is 25.6 Å². The molecule has 0 spiro atoms. The third-order valence-corrected chi connectivity index (χ3v) is 4.02. The molecular formula is C13H21N5O. The predicted molar refractivity (Wildman–Crippen MR) is 71.6 cm³/mol. The number of H-pyrrole nitrogens is 1. The lowest BCUT2D eigenvalue weighted by molar-refractivity contribution is -0.124. The van der Waals surface area contributed by atoms with E-state index >= 15 is 0 Å². The highest BCUT2D eigenvalue weighted by molar-refractivity contribution is 5.82. The van der Waals surface area contributed by atoms with Crippen LogP contribution in [0.5, 0.6) is 0 Å².